The number of hydrogen-bond acceptors (Lipinski definition) is 2. The van der Waals surface area contributed by atoms with Gasteiger partial charge in [0.25, 0.3) is 0 Å². The van der Waals surface area contributed by atoms with Crippen molar-refractivity contribution in [3.8, 4) is 22.3 Å². The Bertz CT molecular complexity index is 2720. The largest absolute Gasteiger partial charge is 0.416 e. The molecule has 0 saturated heterocycles. The van der Waals surface area contributed by atoms with E-state index >= 15 is 0 Å². The van der Waals surface area contributed by atoms with Crippen LogP contribution in [0.15, 0.2) is 133 Å². The van der Waals surface area contributed by atoms with E-state index in [-0.39, 0.29) is 0 Å². The van der Waals surface area contributed by atoms with Crippen LogP contribution in [0.5, 0.6) is 0 Å². The first kappa shape index (κ1) is 41.1. The molecule has 0 unspecified atom stereocenters. The van der Waals surface area contributed by atoms with Crippen LogP contribution in [0, 0.1) is 27.7 Å². The minimum absolute atomic E-state index is 0.428. The zero-order valence-corrected chi connectivity index (χ0v) is 35.9. The monoisotopic (exact) mass is 836 g/mol. The van der Waals surface area contributed by atoms with Crippen LogP contribution >= 0.6 is 0 Å². The molecule has 0 fully saturated rings. The molecule has 0 N–H and O–H groups in total. The van der Waals surface area contributed by atoms with E-state index in [1.807, 2.05) is 72.2 Å². The number of hydrogen-bond donors (Lipinski definition) is 0. The fourth-order valence-electron chi connectivity index (χ4n) is 9.92. The summed E-state index contributed by atoms with van der Waals surface area (Å²) in [5, 5.41) is 0. The number of alkyl halides is 6. The summed E-state index contributed by atoms with van der Waals surface area (Å²) in [7, 11) is 0. The van der Waals surface area contributed by atoms with Crippen molar-refractivity contribution < 1.29 is 26.3 Å². The number of anilines is 6. The number of halogens is 6. The van der Waals surface area contributed by atoms with E-state index in [1.165, 1.54) is 11.1 Å². The molecule has 0 spiro atoms. The van der Waals surface area contributed by atoms with Crippen LogP contribution < -0.4 is 9.80 Å². The van der Waals surface area contributed by atoms with Gasteiger partial charge in [-0.1, -0.05) is 64.1 Å². The summed E-state index contributed by atoms with van der Waals surface area (Å²) in [5.41, 5.74) is 15.9. The van der Waals surface area contributed by atoms with Crippen molar-refractivity contribution in [3.63, 3.8) is 0 Å². The van der Waals surface area contributed by atoms with Crippen molar-refractivity contribution in [1.29, 1.82) is 0 Å². The molecule has 8 heteroatoms. The Kier molecular flexibility index (Phi) is 9.36. The number of rotatable bonds is 6. The fourth-order valence-corrected chi connectivity index (χ4v) is 9.92. The van der Waals surface area contributed by atoms with Gasteiger partial charge in [0, 0.05) is 45.0 Å². The maximum absolute atomic E-state index is 13.7. The Hall–Kier alpha value is -6.28. The van der Waals surface area contributed by atoms with Gasteiger partial charge in [-0.25, -0.2) is 0 Å². The van der Waals surface area contributed by atoms with Crippen molar-refractivity contribution in [2.45, 2.75) is 78.6 Å². The summed E-state index contributed by atoms with van der Waals surface area (Å²) < 4.78 is 82.1. The Morgan fingerprint density at radius 1 is 0.371 bits per heavy atom. The van der Waals surface area contributed by atoms with Gasteiger partial charge in [-0.15, -0.1) is 0 Å². The summed E-state index contributed by atoms with van der Waals surface area (Å²) in [6, 6.07) is 39.9. The van der Waals surface area contributed by atoms with E-state index in [0.29, 0.717) is 11.4 Å². The number of nitrogens with zero attached hydrogens (tertiary/aromatic N) is 2. The van der Waals surface area contributed by atoms with E-state index in [4.69, 9.17) is 0 Å². The maximum atomic E-state index is 13.7. The molecular formula is C54H46F6N2. The quantitative estimate of drug-likeness (QED) is 0.154. The first-order valence-corrected chi connectivity index (χ1v) is 20.7. The van der Waals surface area contributed by atoms with Crippen LogP contribution in [0.25, 0.3) is 22.3 Å². The molecule has 0 atom stereocenters. The predicted octanol–water partition coefficient (Wildman–Crippen LogP) is 16.5. The van der Waals surface area contributed by atoms with E-state index in [1.54, 1.807) is 24.3 Å². The van der Waals surface area contributed by atoms with Crippen LogP contribution in [-0.2, 0) is 23.2 Å². The SMILES string of the molecule is Cc1ccccc1N(c1ccc(C(F)(F)F)cc1)c1cc(C)c2c(c1)C(C)(C)c1cc3c(cc1-2)C(C)(C)c1cc(N(c2ccc(C(F)(F)F)cc2)c2ccccc2C)cc(C)c1-3. The lowest BCUT2D eigenvalue weighted by molar-refractivity contribution is -0.138. The highest BCUT2D eigenvalue weighted by molar-refractivity contribution is 5.94. The van der Waals surface area contributed by atoms with Crippen LogP contribution in [-0.4, -0.2) is 0 Å². The number of para-hydroxylation sites is 2. The molecule has 0 aromatic heterocycles. The molecule has 0 heterocycles. The molecule has 2 aliphatic rings. The second-order valence-electron chi connectivity index (χ2n) is 17.9. The van der Waals surface area contributed by atoms with Crippen LogP contribution in [0.1, 0.15) is 83.3 Å². The molecule has 0 amide bonds. The molecular weight excluding hydrogens is 791 g/mol. The van der Waals surface area contributed by atoms with Crippen molar-refractivity contribution in [2.75, 3.05) is 9.80 Å². The standard InChI is InChI=1S/C54H46F6N2/c1-31-13-9-11-15-47(31)61(37-21-17-35(18-22-37)53(55,56)57)39-25-33(3)49-41-29-44-42(30-43(41)51(5,6)45(49)27-39)50-34(4)26-40(28-46(50)52(44,7)8)62(48-16-12-10-14-32(48)2)38-23-19-36(20-24-38)54(58,59)60/h9-30H,1-8H3. The molecule has 0 aliphatic heterocycles. The van der Waals surface area contributed by atoms with Gasteiger partial charge in [-0.3, -0.25) is 0 Å². The van der Waals surface area contributed by atoms with Crippen molar-refractivity contribution in [2.24, 2.45) is 0 Å². The van der Waals surface area contributed by atoms with E-state index < -0.39 is 34.3 Å². The van der Waals surface area contributed by atoms with Gasteiger partial charge >= 0.3 is 12.4 Å². The molecule has 7 aromatic carbocycles. The highest BCUT2D eigenvalue weighted by Gasteiger charge is 2.44. The summed E-state index contributed by atoms with van der Waals surface area (Å²) in [5.74, 6) is 0. The summed E-state index contributed by atoms with van der Waals surface area (Å²) in [6.45, 7) is 17.2. The minimum atomic E-state index is -4.45. The average molecular weight is 837 g/mol. The van der Waals surface area contributed by atoms with Gasteiger partial charge in [-0.2, -0.15) is 26.3 Å². The first-order valence-electron chi connectivity index (χ1n) is 20.7. The van der Waals surface area contributed by atoms with Gasteiger partial charge in [0.05, 0.1) is 11.1 Å². The molecule has 314 valence electrons. The molecule has 0 saturated carbocycles. The topological polar surface area (TPSA) is 6.48 Å². The number of aryl methyl sites for hydroxylation is 4. The van der Waals surface area contributed by atoms with Gasteiger partial charge in [0.15, 0.2) is 0 Å². The zero-order chi connectivity index (χ0) is 44.3. The third-order valence-electron chi connectivity index (χ3n) is 13.2. The Morgan fingerprint density at radius 2 is 0.710 bits per heavy atom. The lowest BCUT2D eigenvalue weighted by Crippen LogP contribution is -2.18. The molecule has 0 bridgehead atoms. The molecule has 7 aromatic rings. The van der Waals surface area contributed by atoms with Crippen molar-refractivity contribution >= 4 is 34.1 Å². The summed E-state index contributed by atoms with van der Waals surface area (Å²) in [6.07, 6.45) is -8.89. The van der Waals surface area contributed by atoms with Crippen molar-refractivity contribution in [3.05, 3.63) is 189 Å². The second kappa shape index (κ2) is 14.1. The Balaban J connectivity index is 1.17. The highest BCUT2D eigenvalue weighted by atomic mass is 19.4. The number of fused-ring (bicyclic) bond motifs is 6. The summed E-state index contributed by atoms with van der Waals surface area (Å²) in [4.78, 5) is 4.10. The first-order chi connectivity index (χ1) is 29.2. The highest BCUT2D eigenvalue weighted by Crippen LogP contribution is 2.59. The fraction of sp³-hybridized carbons (Fsp3) is 0.222. The minimum Gasteiger partial charge on any atom is -0.310 e. The van der Waals surface area contributed by atoms with Gasteiger partial charge in [0.1, 0.15) is 0 Å². The Morgan fingerprint density at radius 3 is 1.03 bits per heavy atom. The number of benzene rings is 7. The van der Waals surface area contributed by atoms with E-state index in [9.17, 15) is 26.3 Å². The second-order valence-corrected chi connectivity index (χ2v) is 17.9. The smallest absolute Gasteiger partial charge is 0.310 e. The maximum Gasteiger partial charge on any atom is 0.416 e. The van der Waals surface area contributed by atoms with E-state index in [2.05, 4.69) is 77.9 Å². The van der Waals surface area contributed by atoms with Crippen molar-refractivity contribution in [1.82, 2.24) is 0 Å². The average Bonchev–Trinajstić information content (AvgIpc) is 3.57. The van der Waals surface area contributed by atoms with Crippen LogP contribution in [0.2, 0.25) is 0 Å². The van der Waals surface area contributed by atoms with Gasteiger partial charge in [-0.05, 0) is 192 Å². The molecule has 9 rings (SSSR count). The summed E-state index contributed by atoms with van der Waals surface area (Å²) >= 11 is 0. The normalized spacial score (nSPS) is 14.5. The third-order valence-corrected chi connectivity index (χ3v) is 13.2. The van der Waals surface area contributed by atoms with Gasteiger partial charge < -0.3 is 9.80 Å². The molecule has 2 nitrogen and oxygen atoms in total. The molecule has 62 heavy (non-hydrogen) atoms. The predicted molar refractivity (Wildman–Crippen MR) is 240 cm³/mol. The molecule has 0 radical (unpaired) electrons. The zero-order valence-electron chi connectivity index (χ0n) is 35.9. The Labute approximate surface area is 359 Å². The lowest BCUT2D eigenvalue weighted by atomic mass is 9.79. The molecule has 2 aliphatic carbocycles. The van der Waals surface area contributed by atoms with Gasteiger partial charge in [0.2, 0.25) is 0 Å². The van der Waals surface area contributed by atoms with Crippen LogP contribution in [0.3, 0.4) is 0 Å². The third kappa shape index (κ3) is 6.49. The van der Waals surface area contributed by atoms with Crippen LogP contribution in [0.4, 0.5) is 60.5 Å². The van der Waals surface area contributed by atoms with E-state index in [0.717, 1.165) is 103 Å². The lowest BCUT2D eigenvalue weighted by Gasteiger charge is -2.30.